The summed E-state index contributed by atoms with van der Waals surface area (Å²) in [5, 5.41) is 6.11. The van der Waals surface area contributed by atoms with Crippen LogP contribution in [0, 0.1) is 0 Å². The molecule has 0 unspecified atom stereocenters. The molecule has 1 saturated heterocycles. The van der Waals surface area contributed by atoms with Gasteiger partial charge in [0.05, 0.1) is 0 Å². The second-order valence-electron chi connectivity index (χ2n) is 5.30. The molecular formula is C15H19N3O2. The fraction of sp³-hybridized carbons (Fsp3) is 0.467. The molecule has 0 radical (unpaired) electrons. The van der Waals surface area contributed by atoms with E-state index in [1.807, 2.05) is 12.1 Å². The second kappa shape index (κ2) is 5.63. The molecule has 1 fully saturated rings. The number of fused-ring (bicyclic) bond motifs is 1. The number of hydrogen-bond acceptors (Lipinski definition) is 3. The molecule has 20 heavy (non-hydrogen) atoms. The predicted molar refractivity (Wildman–Crippen MR) is 75.4 cm³/mol. The van der Waals surface area contributed by atoms with Crippen LogP contribution in [0.25, 0.3) is 0 Å². The summed E-state index contributed by atoms with van der Waals surface area (Å²) in [6.45, 7) is 3.45. The van der Waals surface area contributed by atoms with Crippen molar-refractivity contribution in [3.05, 3.63) is 34.9 Å². The summed E-state index contributed by atoms with van der Waals surface area (Å²) in [6.07, 6.45) is 1.41. The lowest BCUT2D eigenvalue weighted by molar-refractivity contribution is -0.120. The van der Waals surface area contributed by atoms with Crippen LogP contribution in [0.15, 0.2) is 18.2 Å². The van der Waals surface area contributed by atoms with Gasteiger partial charge in [-0.3, -0.25) is 9.59 Å². The van der Waals surface area contributed by atoms with Crippen LogP contribution in [0.4, 0.5) is 0 Å². The molecule has 2 aliphatic heterocycles. The zero-order valence-electron chi connectivity index (χ0n) is 11.4. The summed E-state index contributed by atoms with van der Waals surface area (Å²) >= 11 is 0. The van der Waals surface area contributed by atoms with Crippen molar-refractivity contribution in [2.75, 3.05) is 26.2 Å². The largest absolute Gasteiger partial charge is 0.354 e. The van der Waals surface area contributed by atoms with Crippen LogP contribution in [-0.4, -0.2) is 42.9 Å². The molecule has 2 N–H and O–H groups in total. The van der Waals surface area contributed by atoms with Crippen LogP contribution in [0.1, 0.15) is 27.9 Å². The highest BCUT2D eigenvalue weighted by atomic mass is 16.2. The standard InChI is InChI=1S/C15H19N3O2/c19-14-4-7-18(8-6-17-14)15(20)12-2-1-11-3-5-16-10-13(11)9-12/h1-2,9,16H,3-8,10H2,(H,17,19). The number of amides is 2. The summed E-state index contributed by atoms with van der Waals surface area (Å²) < 4.78 is 0. The van der Waals surface area contributed by atoms with Crippen molar-refractivity contribution in [3.63, 3.8) is 0 Å². The van der Waals surface area contributed by atoms with Gasteiger partial charge in [0.2, 0.25) is 5.91 Å². The summed E-state index contributed by atoms with van der Waals surface area (Å²) in [5.41, 5.74) is 3.26. The van der Waals surface area contributed by atoms with E-state index in [9.17, 15) is 9.59 Å². The normalized spacial score (nSPS) is 19.0. The van der Waals surface area contributed by atoms with Crippen LogP contribution in [0.5, 0.6) is 0 Å². The number of carbonyl (C=O) groups excluding carboxylic acids is 2. The maximum Gasteiger partial charge on any atom is 0.253 e. The zero-order valence-corrected chi connectivity index (χ0v) is 11.4. The first-order valence-corrected chi connectivity index (χ1v) is 7.12. The Kier molecular flexibility index (Phi) is 3.69. The van der Waals surface area contributed by atoms with E-state index in [-0.39, 0.29) is 11.8 Å². The van der Waals surface area contributed by atoms with Crippen LogP contribution in [0.2, 0.25) is 0 Å². The first-order chi connectivity index (χ1) is 9.74. The average molecular weight is 273 g/mol. The van der Waals surface area contributed by atoms with Gasteiger partial charge in [0.1, 0.15) is 0 Å². The maximum absolute atomic E-state index is 12.5. The van der Waals surface area contributed by atoms with Crippen LogP contribution in [0.3, 0.4) is 0 Å². The Morgan fingerprint density at radius 1 is 1.10 bits per heavy atom. The Bertz CT molecular complexity index is 542. The molecule has 2 heterocycles. The van der Waals surface area contributed by atoms with Gasteiger partial charge in [0.25, 0.3) is 5.91 Å². The third-order valence-electron chi connectivity index (χ3n) is 3.94. The lowest BCUT2D eigenvalue weighted by atomic mass is 9.98. The van der Waals surface area contributed by atoms with Crippen molar-refractivity contribution in [2.24, 2.45) is 0 Å². The molecule has 5 nitrogen and oxygen atoms in total. The Labute approximate surface area is 118 Å². The Hall–Kier alpha value is -1.88. The van der Waals surface area contributed by atoms with Crippen molar-refractivity contribution in [2.45, 2.75) is 19.4 Å². The third kappa shape index (κ3) is 2.67. The Morgan fingerprint density at radius 2 is 2.00 bits per heavy atom. The van der Waals surface area contributed by atoms with E-state index < -0.39 is 0 Å². The summed E-state index contributed by atoms with van der Waals surface area (Å²) in [6, 6.07) is 5.96. The number of benzene rings is 1. The second-order valence-corrected chi connectivity index (χ2v) is 5.30. The Balaban J connectivity index is 1.78. The molecule has 0 atom stereocenters. The van der Waals surface area contributed by atoms with E-state index in [2.05, 4.69) is 16.7 Å². The summed E-state index contributed by atoms with van der Waals surface area (Å²) in [7, 11) is 0. The van der Waals surface area contributed by atoms with Gasteiger partial charge in [-0.2, -0.15) is 0 Å². The molecule has 106 valence electrons. The minimum atomic E-state index is 0.0230. The number of carbonyl (C=O) groups is 2. The number of nitrogens with one attached hydrogen (secondary N) is 2. The molecule has 0 spiro atoms. The van der Waals surface area contributed by atoms with E-state index in [1.54, 1.807) is 4.90 Å². The first kappa shape index (κ1) is 13.1. The van der Waals surface area contributed by atoms with E-state index >= 15 is 0 Å². The topological polar surface area (TPSA) is 61.4 Å². The third-order valence-corrected chi connectivity index (χ3v) is 3.94. The summed E-state index contributed by atoms with van der Waals surface area (Å²) in [5.74, 6) is 0.0461. The van der Waals surface area contributed by atoms with Gasteiger partial charge in [0, 0.05) is 38.2 Å². The van der Waals surface area contributed by atoms with Crippen molar-refractivity contribution in [1.82, 2.24) is 15.5 Å². The number of hydrogen-bond donors (Lipinski definition) is 2. The highest BCUT2D eigenvalue weighted by Gasteiger charge is 2.20. The van der Waals surface area contributed by atoms with Crippen molar-refractivity contribution >= 4 is 11.8 Å². The van der Waals surface area contributed by atoms with E-state index in [0.717, 1.165) is 25.1 Å². The molecule has 0 aromatic heterocycles. The van der Waals surface area contributed by atoms with E-state index in [0.29, 0.717) is 26.1 Å². The van der Waals surface area contributed by atoms with Crippen LogP contribution in [-0.2, 0) is 17.8 Å². The Morgan fingerprint density at radius 3 is 2.90 bits per heavy atom. The quantitative estimate of drug-likeness (QED) is 0.773. The predicted octanol–water partition coefficient (Wildman–Crippen LogP) is 0.294. The van der Waals surface area contributed by atoms with Crippen LogP contribution >= 0.6 is 0 Å². The van der Waals surface area contributed by atoms with Crippen LogP contribution < -0.4 is 10.6 Å². The molecule has 1 aromatic rings. The SMILES string of the molecule is O=C1CCN(C(=O)c2ccc3c(c2)CNCC3)CCN1. The molecule has 5 heteroatoms. The van der Waals surface area contributed by atoms with Gasteiger partial charge in [-0.15, -0.1) is 0 Å². The van der Waals surface area contributed by atoms with Gasteiger partial charge in [0.15, 0.2) is 0 Å². The highest BCUT2D eigenvalue weighted by Crippen LogP contribution is 2.17. The zero-order chi connectivity index (χ0) is 13.9. The molecule has 0 saturated carbocycles. The van der Waals surface area contributed by atoms with E-state index in [1.165, 1.54) is 11.1 Å². The smallest absolute Gasteiger partial charge is 0.253 e. The molecular weight excluding hydrogens is 254 g/mol. The molecule has 3 rings (SSSR count). The van der Waals surface area contributed by atoms with E-state index in [4.69, 9.17) is 0 Å². The lowest BCUT2D eigenvalue weighted by Crippen LogP contribution is -2.34. The van der Waals surface area contributed by atoms with Crippen molar-refractivity contribution < 1.29 is 9.59 Å². The van der Waals surface area contributed by atoms with Gasteiger partial charge < -0.3 is 15.5 Å². The van der Waals surface area contributed by atoms with Gasteiger partial charge in [-0.05, 0) is 36.2 Å². The van der Waals surface area contributed by atoms with Crippen molar-refractivity contribution in [3.8, 4) is 0 Å². The minimum Gasteiger partial charge on any atom is -0.354 e. The van der Waals surface area contributed by atoms with Gasteiger partial charge in [-0.1, -0.05) is 6.07 Å². The highest BCUT2D eigenvalue weighted by molar-refractivity contribution is 5.95. The number of nitrogens with zero attached hydrogens (tertiary/aromatic N) is 1. The molecule has 0 aliphatic carbocycles. The average Bonchev–Trinajstić information content (AvgIpc) is 2.71. The van der Waals surface area contributed by atoms with Gasteiger partial charge in [-0.25, -0.2) is 0 Å². The molecule has 2 amide bonds. The summed E-state index contributed by atoms with van der Waals surface area (Å²) in [4.78, 5) is 25.6. The maximum atomic E-state index is 12.5. The molecule has 2 aliphatic rings. The van der Waals surface area contributed by atoms with Crippen molar-refractivity contribution in [1.29, 1.82) is 0 Å². The molecule has 1 aromatic carbocycles. The lowest BCUT2D eigenvalue weighted by Gasteiger charge is -2.22. The minimum absolute atomic E-state index is 0.0230. The monoisotopic (exact) mass is 273 g/mol. The molecule has 0 bridgehead atoms. The fourth-order valence-electron chi connectivity index (χ4n) is 2.77. The fourth-order valence-corrected chi connectivity index (χ4v) is 2.77. The number of rotatable bonds is 1. The van der Waals surface area contributed by atoms with Gasteiger partial charge >= 0.3 is 0 Å². The first-order valence-electron chi connectivity index (χ1n) is 7.12.